The highest BCUT2D eigenvalue weighted by Crippen LogP contribution is 2.56. The van der Waals surface area contributed by atoms with Crippen LogP contribution in [0.25, 0.3) is 0 Å². The Morgan fingerprint density at radius 3 is 2.28 bits per heavy atom. The number of halogens is 1. The summed E-state index contributed by atoms with van der Waals surface area (Å²) in [4.78, 5) is 50.9. The van der Waals surface area contributed by atoms with E-state index in [0.29, 0.717) is 0 Å². The first kappa shape index (κ1) is 20.8. The molecule has 2 saturated carbocycles. The molecule has 3 amide bonds. The second-order valence-electron chi connectivity index (χ2n) is 8.67. The third-order valence-electron chi connectivity index (χ3n) is 6.93. The van der Waals surface area contributed by atoms with E-state index in [4.69, 9.17) is 0 Å². The molecule has 32 heavy (non-hydrogen) atoms. The highest BCUT2D eigenvalue weighted by molar-refractivity contribution is 9.10. The van der Waals surface area contributed by atoms with Crippen molar-refractivity contribution in [2.45, 2.75) is 25.8 Å². The fourth-order valence-electron chi connectivity index (χ4n) is 5.53. The fraction of sp³-hybridized carbons (Fsp3) is 0.348. The van der Waals surface area contributed by atoms with Crippen molar-refractivity contribution in [3.63, 3.8) is 0 Å². The Hall–Kier alpha value is -3.07. The van der Waals surface area contributed by atoms with Gasteiger partial charge in [-0.3, -0.25) is 24.5 Å². The van der Waals surface area contributed by atoms with Gasteiger partial charge in [0.2, 0.25) is 0 Å². The fourth-order valence-corrected chi connectivity index (χ4v) is 5.79. The van der Waals surface area contributed by atoms with Crippen LogP contribution in [0.2, 0.25) is 0 Å². The Morgan fingerprint density at radius 2 is 1.69 bits per heavy atom. The number of nitro benzene ring substituents is 1. The maximum absolute atomic E-state index is 13.5. The van der Waals surface area contributed by atoms with E-state index in [1.807, 2.05) is 12.1 Å². The number of amides is 3. The third kappa shape index (κ3) is 3.31. The van der Waals surface area contributed by atoms with Crippen LogP contribution >= 0.6 is 15.9 Å². The van der Waals surface area contributed by atoms with Gasteiger partial charge in [-0.2, -0.15) is 5.01 Å². The molecule has 2 aromatic rings. The van der Waals surface area contributed by atoms with Crippen LogP contribution in [0.3, 0.4) is 0 Å². The molecule has 8 nitrogen and oxygen atoms in total. The summed E-state index contributed by atoms with van der Waals surface area (Å²) < 4.78 is 0.859. The molecule has 2 aliphatic carbocycles. The standard InChI is InChI=1S/C23H20BrN3O5/c24-17-8-4-13(5-9-17)12-25(21(28)16-2-1-3-18(11-16)27(31)32)26-22(29)19-14-6-7-15(10-14)20(19)23(26)30/h1-5,8-9,11,14-15,19-20H,6-7,10,12H2/t14-,15-,19+,20+/m0/s1. The quantitative estimate of drug-likeness (QED) is 0.353. The maximum Gasteiger partial charge on any atom is 0.273 e. The van der Waals surface area contributed by atoms with Crippen molar-refractivity contribution >= 4 is 39.3 Å². The highest BCUT2D eigenvalue weighted by Gasteiger charge is 2.62. The summed E-state index contributed by atoms with van der Waals surface area (Å²) in [6.07, 6.45) is 2.76. The number of hydrogen-bond acceptors (Lipinski definition) is 5. The predicted octanol–water partition coefficient (Wildman–Crippen LogP) is 3.95. The van der Waals surface area contributed by atoms with Gasteiger partial charge < -0.3 is 0 Å². The second-order valence-corrected chi connectivity index (χ2v) is 9.59. The van der Waals surface area contributed by atoms with E-state index >= 15 is 0 Å². The molecule has 2 bridgehead atoms. The van der Waals surface area contributed by atoms with Crippen molar-refractivity contribution in [2.75, 3.05) is 0 Å². The van der Waals surface area contributed by atoms with Crippen LogP contribution in [0, 0.1) is 33.8 Å². The van der Waals surface area contributed by atoms with Gasteiger partial charge in [-0.25, -0.2) is 5.01 Å². The van der Waals surface area contributed by atoms with Gasteiger partial charge >= 0.3 is 0 Å². The topological polar surface area (TPSA) is 101 Å². The summed E-state index contributed by atoms with van der Waals surface area (Å²) >= 11 is 3.37. The number of carbonyl (C=O) groups excluding carboxylic acids is 3. The molecule has 0 spiro atoms. The Morgan fingerprint density at radius 1 is 1.06 bits per heavy atom. The maximum atomic E-state index is 13.5. The molecule has 164 valence electrons. The van der Waals surface area contributed by atoms with Gasteiger partial charge in [-0.05, 0) is 54.9 Å². The van der Waals surface area contributed by atoms with Crippen LogP contribution in [-0.4, -0.2) is 32.7 Å². The molecule has 0 aromatic heterocycles. The molecule has 0 N–H and O–H groups in total. The van der Waals surface area contributed by atoms with Crippen LogP contribution in [-0.2, 0) is 16.1 Å². The van der Waals surface area contributed by atoms with Gasteiger partial charge in [-0.1, -0.05) is 34.1 Å². The lowest BCUT2D eigenvalue weighted by atomic mass is 9.81. The van der Waals surface area contributed by atoms with Crippen molar-refractivity contribution in [3.8, 4) is 0 Å². The molecule has 5 rings (SSSR count). The molecule has 9 heteroatoms. The number of fused-ring (bicyclic) bond motifs is 5. The van der Waals surface area contributed by atoms with Crippen molar-refractivity contribution in [2.24, 2.45) is 23.7 Å². The molecule has 2 aromatic carbocycles. The van der Waals surface area contributed by atoms with Crippen molar-refractivity contribution in [3.05, 3.63) is 74.2 Å². The average Bonchev–Trinajstić information content (AvgIpc) is 3.47. The van der Waals surface area contributed by atoms with E-state index < -0.39 is 10.8 Å². The van der Waals surface area contributed by atoms with E-state index in [9.17, 15) is 24.5 Å². The van der Waals surface area contributed by atoms with Gasteiger partial charge in [0.15, 0.2) is 0 Å². The molecule has 1 saturated heterocycles. The minimum Gasteiger partial charge on any atom is -0.272 e. The Kier molecular flexibility index (Phi) is 5.08. The number of nitrogens with zero attached hydrogens (tertiary/aromatic N) is 3. The van der Waals surface area contributed by atoms with E-state index in [1.165, 1.54) is 24.3 Å². The van der Waals surface area contributed by atoms with E-state index in [-0.39, 0.29) is 53.3 Å². The highest BCUT2D eigenvalue weighted by atomic mass is 79.9. The first-order valence-corrected chi connectivity index (χ1v) is 11.3. The number of carbonyl (C=O) groups is 3. The lowest BCUT2D eigenvalue weighted by molar-refractivity contribution is -0.384. The van der Waals surface area contributed by atoms with Crippen molar-refractivity contribution in [1.82, 2.24) is 10.0 Å². The smallest absolute Gasteiger partial charge is 0.272 e. The van der Waals surface area contributed by atoms with Gasteiger partial charge in [0.1, 0.15) is 0 Å². The SMILES string of the molecule is O=C(c1cccc([N+](=O)[O-])c1)N(Cc1ccc(Br)cc1)N1C(=O)[C@@H]2[C@H]3CC[C@@H](C3)[C@H]2C1=O. The number of hydrazine groups is 1. The van der Waals surface area contributed by atoms with Gasteiger partial charge in [0.05, 0.1) is 23.3 Å². The first-order chi connectivity index (χ1) is 15.3. The molecular formula is C23H20BrN3O5. The van der Waals surface area contributed by atoms with Gasteiger partial charge in [-0.15, -0.1) is 0 Å². The number of imide groups is 1. The molecule has 0 radical (unpaired) electrons. The number of non-ortho nitro benzene ring substituents is 1. The Bertz CT molecular complexity index is 1110. The van der Waals surface area contributed by atoms with Crippen LogP contribution in [0.1, 0.15) is 35.2 Å². The summed E-state index contributed by atoms with van der Waals surface area (Å²) in [5, 5.41) is 13.4. The van der Waals surface area contributed by atoms with Crippen LogP contribution < -0.4 is 0 Å². The predicted molar refractivity (Wildman–Crippen MR) is 117 cm³/mol. The lowest BCUT2D eigenvalue weighted by Gasteiger charge is -2.31. The van der Waals surface area contributed by atoms with Gasteiger partial charge in [0, 0.05) is 22.2 Å². The number of hydrogen-bond donors (Lipinski definition) is 0. The Labute approximate surface area is 192 Å². The second kappa shape index (κ2) is 7.81. The van der Waals surface area contributed by atoms with Crippen molar-refractivity contribution in [1.29, 1.82) is 0 Å². The monoisotopic (exact) mass is 497 g/mol. The van der Waals surface area contributed by atoms with Gasteiger partial charge in [0.25, 0.3) is 23.4 Å². The van der Waals surface area contributed by atoms with Crippen LogP contribution in [0.15, 0.2) is 53.0 Å². The zero-order valence-electron chi connectivity index (χ0n) is 17.0. The summed E-state index contributed by atoms with van der Waals surface area (Å²) in [6, 6.07) is 12.6. The van der Waals surface area contributed by atoms with Crippen LogP contribution in [0.4, 0.5) is 5.69 Å². The molecule has 3 aliphatic rings. The van der Waals surface area contributed by atoms with E-state index in [0.717, 1.165) is 39.3 Å². The molecule has 4 atom stereocenters. The van der Waals surface area contributed by atoms with Crippen molar-refractivity contribution < 1.29 is 19.3 Å². The van der Waals surface area contributed by atoms with Crippen LogP contribution in [0.5, 0.6) is 0 Å². The minimum absolute atomic E-state index is 0.00105. The summed E-state index contributed by atoms with van der Waals surface area (Å²) in [7, 11) is 0. The number of benzene rings is 2. The molecule has 1 heterocycles. The Balaban J connectivity index is 1.53. The largest absolute Gasteiger partial charge is 0.273 e. The minimum atomic E-state index is -0.620. The zero-order valence-corrected chi connectivity index (χ0v) is 18.6. The van der Waals surface area contributed by atoms with E-state index in [2.05, 4.69) is 15.9 Å². The summed E-state index contributed by atoms with van der Waals surface area (Å²) in [5.74, 6) is -1.64. The molecule has 0 unspecified atom stereocenters. The summed E-state index contributed by atoms with van der Waals surface area (Å²) in [5.41, 5.74) is 0.554. The first-order valence-electron chi connectivity index (χ1n) is 10.5. The number of rotatable bonds is 5. The summed E-state index contributed by atoms with van der Waals surface area (Å²) in [6.45, 7) is 0.00105. The zero-order chi connectivity index (χ0) is 22.6. The van der Waals surface area contributed by atoms with E-state index in [1.54, 1.807) is 12.1 Å². The molecular weight excluding hydrogens is 478 g/mol. The third-order valence-corrected chi connectivity index (χ3v) is 7.46. The molecule has 1 aliphatic heterocycles. The lowest BCUT2D eigenvalue weighted by Crippen LogP contribution is -2.50. The normalized spacial score (nSPS) is 25.8. The molecule has 3 fully saturated rings. The number of nitro groups is 1. The average molecular weight is 498 g/mol.